The van der Waals surface area contributed by atoms with E-state index in [1.165, 1.54) is 0 Å². The topological polar surface area (TPSA) is 81.1 Å². The molecule has 2 N–H and O–H groups in total. The summed E-state index contributed by atoms with van der Waals surface area (Å²) >= 11 is 0. The largest absolute Gasteiger partial charge is 0.480 e. The lowest BCUT2D eigenvalue weighted by Gasteiger charge is -2.26. The lowest BCUT2D eigenvalue weighted by Crippen LogP contribution is -2.44. The smallest absolute Gasteiger partial charge is 0.320 e. The van der Waals surface area contributed by atoms with Crippen molar-refractivity contribution < 1.29 is 19.8 Å². The Kier molecular flexibility index (Phi) is 5.98. The van der Waals surface area contributed by atoms with E-state index in [9.17, 15) is 9.59 Å². The van der Waals surface area contributed by atoms with E-state index in [0.29, 0.717) is 13.1 Å². The fourth-order valence-electron chi connectivity index (χ4n) is 1.08. The van der Waals surface area contributed by atoms with Gasteiger partial charge in [0.2, 0.25) is 0 Å². The van der Waals surface area contributed by atoms with E-state index in [1.54, 1.807) is 37.7 Å². The molecule has 0 aliphatic heterocycles. The number of hydrogen-bond donors (Lipinski definition) is 2. The van der Waals surface area contributed by atoms with Crippen molar-refractivity contribution in [2.45, 2.75) is 25.9 Å². The first-order valence-electron chi connectivity index (χ1n) is 5.13. The van der Waals surface area contributed by atoms with Crippen LogP contribution >= 0.6 is 0 Å². The first-order valence-corrected chi connectivity index (χ1v) is 5.13. The average molecular weight is 232 g/mol. The molecule has 0 bridgehead atoms. The molecular formula is C10H20N2O4. The van der Waals surface area contributed by atoms with Crippen molar-refractivity contribution in [2.75, 3.05) is 27.2 Å². The number of carboxylic acid groups (broad SMARTS) is 2. The second-order valence-electron chi connectivity index (χ2n) is 3.99. The monoisotopic (exact) mass is 232 g/mol. The normalized spacial score (nSPS) is 15.1. The number of likely N-dealkylation sites (N-methyl/N-ethyl adjacent to an activating group) is 2. The van der Waals surface area contributed by atoms with Crippen molar-refractivity contribution in [3.63, 3.8) is 0 Å². The molecule has 2 atom stereocenters. The van der Waals surface area contributed by atoms with Crippen LogP contribution in [0.4, 0.5) is 0 Å². The highest BCUT2D eigenvalue weighted by Crippen LogP contribution is 1.99. The second-order valence-corrected chi connectivity index (χ2v) is 3.99. The van der Waals surface area contributed by atoms with Crippen molar-refractivity contribution in [3.05, 3.63) is 0 Å². The Hall–Kier alpha value is -1.14. The van der Waals surface area contributed by atoms with Crippen LogP contribution in [0.25, 0.3) is 0 Å². The molecule has 2 unspecified atom stereocenters. The van der Waals surface area contributed by atoms with E-state index in [2.05, 4.69) is 0 Å². The third-order valence-electron chi connectivity index (χ3n) is 2.84. The highest BCUT2D eigenvalue weighted by molar-refractivity contribution is 5.73. The molecule has 0 saturated carbocycles. The molecule has 0 aromatic heterocycles. The molecule has 0 fully saturated rings. The Balaban J connectivity index is 4.05. The first kappa shape index (κ1) is 14.9. The van der Waals surface area contributed by atoms with Crippen molar-refractivity contribution in [2.24, 2.45) is 0 Å². The minimum absolute atomic E-state index is 0.515. The third-order valence-corrected chi connectivity index (χ3v) is 2.84. The summed E-state index contributed by atoms with van der Waals surface area (Å²) in [4.78, 5) is 24.7. The Labute approximate surface area is 95.5 Å². The van der Waals surface area contributed by atoms with Gasteiger partial charge >= 0.3 is 11.9 Å². The zero-order chi connectivity index (χ0) is 12.9. The molecule has 6 heteroatoms. The summed E-state index contributed by atoms with van der Waals surface area (Å²) in [5.74, 6) is -1.76. The molecule has 16 heavy (non-hydrogen) atoms. The molecular weight excluding hydrogens is 212 g/mol. The summed E-state index contributed by atoms with van der Waals surface area (Å²) in [5, 5.41) is 17.5. The maximum Gasteiger partial charge on any atom is 0.320 e. The van der Waals surface area contributed by atoms with Gasteiger partial charge in [-0.2, -0.15) is 0 Å². The molecule has 0 aliphatic rings. The molecule has 0 aliphatic carbocycles. The number of hydrogen-bond acceptors (Lipinski definition) is 4. The Morgan fingerprint density at radius 1 is 0.938 bits per heavy atom. The van der Waals surface area contributed by atoms with Gasteiger partial charge in [0.1, 0.15) is 12.1 Å². The average Bonchev–Trinajstić information content (AvgIpc) is 2.22. The van der Waals surface area contributed by atoms with Crippen LogP contribution < -0.4 is 0 Å². The molecule has 0 spiro atoms. The molecule has 0 aromatic rings. The number of rotatable bonds is 7. The summed E-state index contributed by atoms with van der Waals surface area (Å²) < 4.78 is 0. The fourth-order valence-corrected chi connectivity index (χ4v) is 1.08. The molecule has 0 heterocycles. The zero-order valence-electron chi connectivity index (χ0n) is 10.2. The van der Waals surface area contributed by atoms with Crippen molar-refractivity contribution in [1.82, 2.24) is 9.80 Å². The Bertz CT molecular complexity index is 231. The van der Waals surface area contributed by atoms with E-state index in [0.717, 1.165) is 0 Å². The third kappa shape index (κ3) is 4.59. The molecule has 6 nitrogen and oxygen atoms in total. The minimum atomic E-state index is -0.878. The predicted octanol–water partition coefficient (Wildman–Crippen LogP) is -0.204. The summed E-state index contributed by atoms with van der Waals surface area (Å²) in [5.41, 5.74) is 0. The standard InChI is InChI=1S/C10H20N2O4/c1-7(9(13)14)11(3)5-6-12(4)8(2)10(15)16/h7-8H,5-6H2,1-4H3,(H,13,14)(H,15,16). The highest BCUT2D eigenvalue weighted by Gasteiger charge is 2.20. The molecule has 94 valence electrons. The molecule has 0 rings (SSSR count). The summed E-state index contributed by atoms with van der Waals surface area (Å²) in [7, 11) is 3.41. The summed E-state index contributed by atoms with van der Waals surface area (Å²) in [6, 6.07) is -1.12. The zero-order valence-corrected chi connectivity index (χ0v) is 10.2. The Morgan fingerprint density at radius 3 is 1.38 bits per heavy atom. The van der Waals surface area contributed by atoms with Gasteiger partial charge in [-0.05, 0) is 27.9 Å². The van der Waals surface area contributed by atoms with Crippen LogP contribution in [-0.4, -0.2) is 71.2 Å². The van der Waals surface area contributed by atoms with E-state index in [1.807, 2.05) is 0 Å². The van der Waals surface area contributed by atoms with Crippen molar-refractivity contribution in [3.8, 4) is 0 Å². The van der Waals surface area contributed by atoms with Gasteiger partial charge in [-0.15, -0.1) is 0 Å². The minimum Gasteiger partial charge on any atom is -0.480 e. The summed E-state index contributed by atoms with van der Waals surface area (Å²) in [6.07, 6.45) is 0. The van der Waals surface area contributed by atoms with Gasteiger partial charge in [-0.3, -0.25) is 19.4 Å². The van der Waals surface area contributed by atoms with E-state index < -0.39 is 24.0 Å². The van der Waals surface area contributed by atoms with E-state index in [-0.39, 0.29) is 0 Å². The van der Waals surface area contributed by atoms with E-state index in [4.69, 9.17) is 10.2 Å². The quantitative estimate of drug-likeness (QED) is 0.632. The lowest BCUT2D eigenvalue weighted by molar-refractivity contribution is -0.144. The number of aliphatic carboxylic acids is 2. The van der Waals surface area contributed by atoms with Crippen molar-refractivity contribution in [1.29, 1.82) is 0 Å². The van der Waals surface area contributed by atoms with Crippen LogP contribution in [0.1, 0.15) is 13.8 Å². The number of carboxylic acids is 2. The summed E-state index contributed by atoms with van der Waals surface area (Å²) in [6.45, 7) is 4.23. The SMILES string of the molecule is CC(C(=O)O)N(C)CCN(C)C(C)C(=O)O. The maximum atomic E-state index is 10.7. The fraction of sp³-hybridized carbons (Fsp3) is 0.800. The van der Waals surface area contributed by atoms with Crippen molar-refractivity contribution >= 4 is 11.9 Å². The second kappa shape index (κ2) is 6.44. The Morgan fingerprint density at radius 2 is 1.19 bits per heavy atom. The van der Waals surface area contributed by atoms with Crippen LogP contribution in [0.3, 0.4) is 0 Å². The molecule has 0 aromatic carbocycles. The highest BCUT2D eigenvalue weighted by atomic mass is 16.4. The van der Waals surface area contributed by atoms with Gasteiger partial charge < -0.3 is 10.2 Å². The van der Waals surface area contributed by atoms with Gasteiger partial charge in [0.15, 0.2) is 0 Å². The van der Waals surface area contributed by atoms with Crippen LogP contribution in [0.2, 0.25) is 0 Å². The van der Waals surface area contributed by atoms with Gasteiger partial charge in [-0.1, -0.05) is 0 Å². The lowest BCUT2D eigenvalue weighted by atomic mass is 10.2. The first-order chi connectivity index (χ1) is 7.27. The van der Waals surface area contributed by atoms with Gasteiger partial charge in [0.05, 0.1) is 0 Å². The molecule has 0 amide bonds. The molecule has 0 saturated heterocycles. The van der Waals surface area contributed by atoms with Crippen LogP contribution in [-0.2, 0) is 9.59 Å². The van der Waals surface area contributed by atoms with E-state index >= 15 is 0 Å². The van der Waals surface area contributed by atoms with Crippen LogP contribution in [0.15, 0.2) is 0 Å². The van der Waals surface area contributed by atoms with Gasteiger partial charge in [0, 0.05) is 13.1 Å². The maximum absolute atomic E-state index is 10.7. The van der Waals surface area contributed by atoms with Crippen LogP contribution in [0.5, 0.6) is 0 Å². The van der Waals surface area contributed by atoms with Crippen LogP contribution in [0, 0.1) is 0 Å². The number of nitrogens with zero attached hydrogens (tertiary/aromatic N) is 2. The van der Waals surface area contributed by atoms with Gasteiger partial charge in [0.25, 0.3) is 0 Å². The predicted molar refractivity (Wildman–Crippen MR) is 59.5 cm³/mol. The molecule has 0 radical (unpaired) electrons. The number of carbonyl (C=O) groups is 2. The van der Waals surface area contributed by atoms with Gasteiger partial charge in [-0.25, -0.2) is 0 Å².